The zero-order valence-electron chi connectivity index (χ0n) is 15.4. The van der Waals surface area contributed by atoms with Crippen molar-refractivity contribution < 1.29 is 14.3 Å². The van der Waals surface area contributed by atoms with Gasteiger partial charge < -0.3 is 9.53 Å². The highest BCUT2D eigenvalue weighted by molar-refractivity contribution is 6.71. The Morgan fingerprint density at radius 3 is 1.59 bits per heavy atom. The molecule has 0 spiro atoms. The molecule has 0 aliphatic rings. The van der Waals surface area contributed by atoms with Gasteiger partial charge in [-0.05, 0) is 42.6 Å². The fourth-order valence-corrected chi connectivity index (χ4v) is 2.91. The Bertz CT molecular complexity index is 534. The van der Waals surface area contributed by atoms with Crippen LogP contribution in [-0.2, 0) is 15.3 Å². The molecule has 0 unspecified atom stereocenters. The van der Waals surface area contributed by atoms with Crippen molar-refractivity contribution in [2.75, 3.05) is 0 Å². The van der Waals surface area contributed by atoms with Crippen LogP contribution in [0, 0.1) is 0 Å². The van der Waals surface area contributed by atoms with Crippen molar-refractivity contribution in [2.45, 2.75) is 72.0 Å². The highest BCUT2D eigenvalue weighted by Crippen LogP contribution is 2.40. The monoisotopic (exact) mass is 322 g/mol. The van der Waals surface area contributed by atoms with E-state index in [1.54, 1.807) is 12.1 Å². The van der Waals surface area contributed by atoms with Crippen molar-refractivity contribution in [1.82, 2.24) is 0 Å². The average Bonchev–Trinajstić information content (AvgIpc) is 2.23. The molecule has 0 aliphatic carbocycles. The number of rotatable bonds is 2. The molecule has 1 rings (SSSR count). The van der Waals surface area contributed by atoms with Crippen LogP contribution in [-0.4, -0.2) is 19.4 Å². The molecule has 1 aromatic rings. The molecule has 0 aliphatic heterocycles. The van der Waals surface area contributed by atoms with Crippen LogP contribution in [0.2, 0.25) is 19.6 Å². The minimum atomic E-state index is -1.96. The third-order valence-corrected chi connectivity index (χ3v) is 4.16. The quantitative estimate of drug-likeness (QED) is 0.781. The lowest BCUT2D eigenvalue weighted by molar-refractivity contribution is 0.0724. The molecule has 0 bridgehead atoms. The molecule has 22 heavy (non-hydrogen) atoms. The number of benzene rings is 1. The predicted molar refractivity (Wildman–Crippen MR) is 94.3 cm³/mol. The van der Waals surface area contributed by atoms with E-state index in [0.717, 1.165) is 11.1 Å². The summed E-state index contributed by atoms with van der Waals surface area (Å²) in [7, 11) is -1.96. The van der Waals surface area contributed by atoms with Gasteiger partial charge in [0.2, 0.25) is 8.32 Å². The van der Waals surface area contributed by atoms with Crippen molar-refractivity contribution >= 4 is 14.3 Å². The van der Waals surface area contributed by atoms with E-state index in [0.29, 0.717) is 5.56 Å². The highest BCUT2D eigenvalue weighted by atomic mass is 28.4. The molecule has 0 radical (unpaired) electrons. The van der Waals surface area contributed by atoms with E-state index in [4.69, 9.17) is 4.43 Å². The standard InChI is InChI=1S/C18H30O3Si/c1-17(2,3)13-10-12(16(20)21-22(7,8)9)11-14(15(13)19)18(4,5)6/h10-11,19H,1-9H3. The van der Waals surface area contributed by atoms with Crippen molar-refractivity contribution in [3.05, 3.63) is 28.8 Å². The Morgan fingerprint density at radius 2 is 1.32 bits per heavy atom. The largest absolute Gasteiger partial charge is 0.516 e. The van der Waals surface area contributed by atoms with Gasteiger partial charge in [0.25, 0.3) is 0 Å². The van der Waals surface area contributed by atoms with Crippen LogP contribution >= 0.6 is 0 Å². The summed E-state index contributed by atoms with van der Waals surface area (Å²) in [5.74, 6) is -0.0141. The zero-order valence-corrected chi connectivity index (χ0v) is 16.4. The second-order valence-electron chi connectivity index (χ2n) is 8.92. The first-order valence-corrected chi connectivity index (χ1v) is 11.1. The minimum Gasteiger partial charge on any atom is -0.516 e. The van der Waals surface area contributed by atoms with Crippen molar-refractivity contribution in [3.8, 4) is 5.75 Å². The molecule has 1 N–H and O–H groups in total. The molecule has 124 valence electrons. The molecule has 1 aromatic carbocycles. The highest BCUT2D eigenvalue weighted by Gasteiger charge is 2.29. The van der Waals surface area contributed by atoms with Gasteiger partial charge in [-0.1, -0.05) is 41.5 Å². The first-order chi connectivity index (χ1) is 9.63. The summed E-state index contributed by atoms with van der Waals surface area (Å²) in [5, 5.41) is 10.7. The number of carbonyl (C=O) groups excluding carboxylic acids is 1. The molecule has 0 amide bonds. The van der Waals surface area contributed by atoms with Gasteiger partial charge in [0.15, 0.2) is 0 Å². The second kappa shape index (κ2) is 5.73. The van der Waals surface area contributed by atoms with Crippen molar-refractivity contribution in [3.63, 3.8) is 0 Å². The smallest absolute Gasteiger partial charge is 0.324 e. The van der Waals surface area contributed by atoms with Crippen LogP contribution in [0.3, 0.4) is 0 Å². The van der Waals surface area contributed by atoms with E-state index in [9.17, 15) is 9.90 Å². The van der Waals surface area contributed by atoms with E-state index in [1.807, 2.05) is 61.2 Å². The molecule has 0 atom stereocenters. The number of phenols is 1. The molecule has 0 saturated carbocycles. The maximum Gasteiger partial charge on any atom is 0.324 e. The third kappa shape index (κ3) is 4.60. The summed E-state index contributed by atoms with van der Waals surface area (Å²) in [6.45, 7) is 18.1. The third-order valence-electron chi connectivity index (χ3n) is 3.36. The number of aromatic hydroxyl groups is 1. The van der Waals surface area contributed by atoms with E-state index >= 15 is 0 Å². The summed E-state index contributed by atoms with van der Waals surface area (Å²) in [4.78, 5) is 12.5. The van der Waals surface area contributed by atoms with E-state index in [1.165, 1.54) is 0 Å². The lowest BCUT2D eigenvalue weighted by atomic mass is 9.78. The van der Waals surface area contributed by atoms with Crippen molar-refractivity contribution in [2.24, 2.45) is 0 Å². The summed E-state index contributed by atoms with van der Waals surface area (Å²) in [6.07, 6.45) is 0. The molecule has 0 aromatic heterocycles. The van der Waals surface area contributed by atoms with Crippen LogP contribution in [0.5, 0.6) is 5.75 Å². The summed E-state index contributed by atoms with van der Waals surface area (Å²) in [6, 6.07) is 3.54. The minimum absolute atomic E-state index is 0.250. The summed E-state index contributed by atoms with van der Waals surface area (Å²) >= 11 is 0. The Hall–Kier alpha value is -1.29. The van der Waals surface area contributed by atoms with Gasteiger partial charge in [0.1, 0.15) is 5.75 Å². The van der Waals surface area contributed by atoms with E-state index in [-0.39, 0.29) is 22.5 Å². The first kappa shape index (κ1) is 18.8. The van der Waals surface area contributed by atoms with Gasteiger partial charge in [0, 0.05) is 11.1 Å². The average molecular weight is 323 g/mol. The summed E-state index contributed by atoms with van der Waals surface area (Å²) < 4.78 is 5.62. The lowest BCUT2D eigenvalue weighted by Gasteiger charge is -2.28. The molecule has 3 nitrogen and oxygen atoms in total. The molecular formula is C18H30O3Si. The van der Waals surface area contributed by atoms with Crippen LogP contribution < -0.4 is 0 Å². The number of hydrogen-bond donors (Lipinski definition) is 1. The van der Waals surface area contributed by atoms with Crippen LogP contribution in [0.1, 0.15) is 63.0 Å². The molecule has 4 heteroatoms. The van der Waals surface area contributed by atoms with Gasteiger partial charge in [0.05, 0.1) is 5.56 Å². The zero-order chi connectivity index (χ0) is 17.5. The maximum absolute atomic E-state index is 12.5. The number of carbonyl (C=O) groups is 1. The fourth-order valence-electron chi connectivity index (χ4n) is 2.23. The molecular weight excluding hydrogens is 292 g/mol. The first-order valence-electron chi connectivity index (χ1n) is 7.74. The molecule has 0 fully saturated rings. The number of phenolic OH excluding ortho intramolecular Hbond substituents is 1. The Labute approximate surface area is 135 Å². The van der Waals surface area contributed by atoms with Gasteiger partial charge in [-0.15, -0.1) is 0 Å². The molecule has 0 heterocycles. The van der Waals surface area contributed by atoms with Gasteiger partial charge in [-0.2, -0.15) is 0 Å². The second-order valence-corrected chi connectivity index (χ2v) is 13.4. The van der Waals surface area contributed by atoms with Crippen molar-refractivity contribution in [1.29, 1.82) is 0 Å². The SMILES string of the molecule is CC(C)(C)c1cc(C(=O)O[Si](C)(C)C)cc(C(C)(C)C)c1O. The van der Waals surface area contributed by atoms with Gasteiger partial charge in [-0.3, -0.25) is 0 Å². The summed E-state index contributed by atoms with van der Waals surface area (Å²) in [5.41, 5.74) is 1.58. The van der Waals surface area contributed by atoms with Gasteiger partial charge in [-0.25, -0.2) is 4.79 Å². The Morgan fingerprint density at radius 1 is 0.955 bits per heavy atom. The fraction of sp³-hybridized carbons (Fsp3) is 0.611. The van der Waals surface area contributed by atoms with E-state index in [2.05, 4.69) is 0 Å². The lowest BCUT2D eigenvalue weighted by Crippen LogP contribution is -2.29. The topological polar surface area (TPSA) is 46.5 Å². The normalized spacial score (nSPS) is 13.1. The van der Waals surface area contributed by atoms with Crippen LogP contribution in [0.25, 0.3) is 0 Å². The maximum atomic E-state index is 12.5. The Balaban J connectivity index is 3.52. The predicted octanol–water partition coefficient (Wildman–Crippen LogP) is 4.98. The van der Waals surface area contributed by atoms with E-state index < -0.39 is 8.32 Å². The van der Waals surface area contributed by atoms with Crippen LogP contribution in [0.4, 0.5) is 0 Å². The molecule has 0 saturated heterocycles. The van der Waals surface area contributed by atoms with Crippen LogP contribution in [0.15, 0.2) is 12.1 Å². The number of hydrogen-bond acceptors (Lipinski definition) is 3. The van der Waals surface area contributed by atoms with Gasteiger partial charge >= 0.3 is 5.97 Å². The Kier molecular flexibility index (Phi) is 4.88.